The number of aromatic amines is 1. The Kier molecular flexibility index (Phi) is 4.49. The van der Waals surface area contributed by atoms with E-state index in [-0.39, 0.29) is 0 Å². The molecule has 0 unspecified atom stereocenters. The van der Waals surface area contributed by atoms with Crippen molar-refractivity contribution in [2.75, 3.05) is 27.2 Å². The largest absolute Gasteiger partial charge is 0.348 e. The van der Waals surface area contributed by atoms with Crippen molar-refractivity contribution in [1.29, 1.82) is 0 Å². The van der Waals surface area contributed by atoms with E-state index in [1.54, 1.807) is 6.20 Å². The molecular weight excluding hydrogens is 164 g/mol. The Bertz CT molecular complexity index is 205. The fourth-order valence-corrected chi connectivity index (χ4v) is 1.12. The van der Waals surface area contributed by atoms with Crippen LogP contribution in [0.5, 0.6) is 0 Å². The molecule has 1 aromatic rings. The van der Waals surface area contributed by atoms with Crippen molar-refractivity contribution < 1.29 is 0 Å². The average molecular weight is 182 g/mol. The van der Waals surface area contributed by atoms with Crippen LogP contribution in [0.1, 0.15) is 12.2 Å². The van der Waals surface area contributed by atoms with E-state index in [9.17, 15) is 0 Å². The van der Waals surface area contributed by atoms with Crippen molar-refractivity contribution >= 4 is 0 Å². The third kappa shape index (κ3) is 4.65. The summed E-state index contributed by atoms with van der Waals surface area (Å²) in [5.74, 6) is 1.00. The molecule has 0 aliphatic rings. The summed E-state index contributed by atoms with van der Waals surface area (Å²) in [6, 6.07) is 0. The summed E-state index contributed by atoms with van der Waals surface area (Å²) >= 11 is 0. The first-order valence-corrected chi connectivity index (χ1v) is 4.63. The molecule has 0 atom stereocenters. The molecule has 2 N–H and O–H groups in total. The van der Waals surface area contributed by atoms with Crippen LogP contribution in [0.4, 0.5) is 0 Å². The minimum absolute atomic E-state index is 0.834. The van der Waals surface area contributed by atoms with E-state index in [0.29, 0.717) is 0 Å². The normalized spacial score (nSPS) is 11.0. The molecule has 0 radical (unpaired) electrons. The van der Waals surface area contributed by atoms with E-state index in [4.69, 9.17) is 0 Å². The SMILES string of the molecule is CN(C)CCCNCc1ncc[nH]1. The summed E-state index contributed by atoms with van der Waals surface area (Å²) in [5, 5.41) is 3.32. The van der Waals surface area contributed by atoms with Gasteiger partial charge in [-0.25, -0.2) is 4.98 Å². The molecule has 1 rings (SSSR count). The summed E-state index contributed by atoms with van der Waals surface area (Å²) in [6.07, 6.45) is 4.79. The van der Waals surface area contributed by atoms with Crippen LogP contribution in [0.2, 0.25) is 0 Å². The molecule has 1 heterocycles. The molecule has 0 spiro atoms. The maximum Gasteiger partial charge on any atom is 0.120 e. The molecule has 0 bridgehead atoms. The van der Waals surface area contributed by atoms with Crippen molar-refractivity contribution in [2.45, 2.75) is 13.0 Å². The van der Waals surface area contributed by atoms with Crippen LogP contribution in [0.3, 0.4) is 0 Å². The molecule has 4 heteroatoms. The Morgan fingerprint density at radius 3 is 3.00 bits per heavy atom. The van der Waals surface area contributed by atoms with Crippen LogP contribution in [0.25, 0.3) is 0 Å². The molecular formula is C9H18N4. The summed E-state index contributed by atoms with van der Waals surface area (Å²) in [4.78, 5) is 9.36. The van der Waals surface area contributed by atoms with Crippen LogP contribution in [0.15, 0.2) is 12.4 Å². The number of hydrogen-bond donors (Lipinski definition) is 2. The highest BCUT2D eigenvalue weighted by Gasteiger charge is 1.93. The van der Waals surface area contributed by atoms with Gasteiger partial charge in [-0.2, -0.15) is 0 Å². The number of rotatable bonds is 6. The minimum Gasteiger partial charge on any atom is -0.348 e. The number of aromatic nitrogens is 2. The molecule has 4 nitrogen and oxygen atoms in total. The zero-order valence-electron chi connectivity index (χ0n) is 8.38. The fourth-order valence-electron chi connectivity index (χ4n) is 1.12. The number of nitrogens with zero attached hydrogens (tertiary/aromatic N) is 2. The molecule has 1 aromatic heterocycles. The van der Waals surface area contributed by atoms with Gasteiger partial charge in [0, 0.05) is 12.4 Å². The second-order valence-electron chi connectivity index (χ2n) is 3.37. The molecule has 0 aliphatic carbocycles. The number of imidazole rings is 1. The lowest BCUT2D eigenvalue weighted by Gasteiger charge is -2.08. The van der Waals surface area contributed by atoms with Gasteiger partial charge in [0.25, 0.3) is 0 Å². The molecule has 0 fully saturated rings. The smallest absolute Gasteiger partial charge is 0.120 e. The van der Waals surface area contributed by atoms with Crippen LogP contribution in [-0.4, -0.2) is 42.1 Å². The van der Waals surface area contributed by atoms with E-state index >= 15 is 0 Å². The lowest BCUT2D eigenvalue weighted by molar-refractivity contribution is 0.394. The number of hydrogen-bond acceptors (Lipinski definition) is 3. The number of H-pyrrole nitrogens is 1. The lowest BCUT2D eigenvalue weighted by Crippen LogP contribution is -2.21. The topological polar surface area (TPSA) is 44.0 Å². The zero-order chi connectivity index (χ0) is 9.52. The van der Waals surface area contributed by atoms with Gasteiger partial charge in [-0.1, -0.05) is 0 Å². The van der Waals surface area contributed by atoms with E-state index in [2.05, 4.69) is 34.3 Å². The van der Waals surface area contributed by atoms with Crippen molar-refractivity contribution in [3.8, 4) is 0 Å². The molecule has 0 aromatic carbocycles. The molecule has 13 heavy (non-hydrogen) atoms. The van der Waals surface area contributed by atoms with E-state index < -0.39 is 0 Å². The van der Waals surface area contributed by atoms with Gasteiger partial charge in [0.1, 0.15) is 5.82 Å². The Balaban J connectivity index is 1.96. The van der Waals surface area contributed by atoms with Gasteiger partial charge in [0.15, 0.2) is 0 Å². The third-order valence-electron chi connectivity index (χ3n) is 1.81. The Labute approximate surface area is 79.4 Å². The second-order valence-corrected chi connectivity index (χ2v) is 3.37. The second kappa shape index (κ2) is 5.72. The van der Waals surface area contributed by atoms with Crippen molar-refractivity contribution in [1.82, 2.24) is 20.2 Å². The Hall–Kier alpha value is -0.870. The summed E-state index contributed by atoms with van der Waals surface area (Å²) in [6.45, 7) is 3.00. The molecule has 0 amide bonds. The minimum atomic E-state index is 0.834. The number of nitrogens with one attached hydrogen (secondary N) is 2. The predicted molar refractivity (Wildman–Crippen MR) is 53.5 cm³/mol. The first-order valence-electron chi connectivity index (χ1n) is 4.63. The van der Waals surface area contributed by atoms with Crippen LogP contribution in [0, 0.1) is 0 Å². The standard InChI is InChI=1S/C9H18N4/c1-13(2)7-3-4-10-8-9-11-5-6-12-9/h5-6,10H,3-4,7-8H2,1-2H3,(H,11,12). The first kappa shape index (κ1) is 10.2. The summed E-state index contributed by atoms with van der Waals surface area (Å²) in [7, 11) is 4.18. The highest BCUT2D eigenvalue weighted by molar-refractivity contribution is 4.85. The van der Waals surface area contributed by atoms with Gasteiger partial charge in [-0.3, -0.25) is 0 Å². The molecule has 0 saturated heterocycles. The monoisotopic (exact) mass is 182 g/mol. The van der Waals surface area contributed by atoms with Gasteiger partial charge in [0.05, 0.1) is 6.54 Å². The fraction of sp³-hybridized carbons (Fsp3) is 0.667. The van der Waals surface area contributed by atoms with Crippen LogP contribution >= 0.6 is 0 Å². The van der Waals surface area contributed by atoms with E-state index in [1.807, 2.05) is 6.20 Å². The molecule has 0 aliphatic heterocycles. The van der Waals surface area contributed by atoms with Gasteiger partial charge < -0.3 is 15.2 Å². The first-order chi connectivity index (χ1) is 6.29. The Morgan fingerprint density at radius 2 is 2.38 bits per heavy atom. The van der Waals surface area contributed by atoms with Crippen LogP contribution in [-0.2, 0) is 6.54 Å². The van der Waals surface area contributed by atoms with Gasteiger partial charge >= 0.3 is 0 Å². The predicted octanol–water partition coefficient (Wildman–Crippen LogP) is 0.451. The highest BCUT2D eigenvalue weighted by atomic mass is 15.1. The Morgan fingerprint density at radius 1 is 1.54 bits per heavy atom. The van der Waals surface area contributed by atoms with Crippen molar-refractivity contribution in [2.24, 2.45) is 0 Å². The van der Waals surface area contributed by atoms with Crippen molar-refractivity contribution in [3.63, 3.8) is 0 Å². The van der Waals surface area contributed by atoms with Gasteiger partial charge in [0.2, 0.25) is 0 Å². The lowest BCUT2D eigenvalue weighted by atomic mass is 10.4. The zero-order valence-corrected chi connectivity index (χ0v) is 8.38. The maximum absolute atomic E-state index is 4.12. The van der Waals surface area contributed by atoms with E-state index in [1.165, 1.54) is 6.42 Å². The van der Waals surface area contributed by atoms with E-state index in [0.717, 1.165) is 25.5 Å². The average Bonchev–Trinajstić information content (AvgIpc) is 2.55. The van der Waals surface area contributed by atoms with Crippen molar-refractivity contribution in [3.05, 3.63) is 18.2 Å². The summed E-state index contributed by atoms with van der Waals surface area (Å²) < 4.78 is 0. The molecule has 74 valence electrons. The maximum atomic E-state index is 4.12. The van der Waals surface area contributed by atoms with Crippen LogP contribution < -0.4 is 5.32 Å². The quantitative estimate of drug-likeness (QED) is 0.628. The highest BCUT2D eigenvalue weighted by Crippen LogP contribution is 1.87. The summed E-state index contributed by atoms with van der Waals surface area (Å²) in [5.41, 5.74) is 0. The molecule has 0 saturated carbocycles. The third-order valence-corrected chi connectivity index (χ3v) is 1.81. The van der Waals surface area contributed by atoms with Gasteiger partial charge in [-0.05, 0) is 33.6 Å². The van der Waals surface area contributed by atoms with Gasteiger partial charge in [-0.15, -0.1) is 0 Å².